The van der Waals surface area contributed by atoms with Crippen LogP contribution in [0.25, 0.3) is 0 Å². The average Bonchev–Trinajstić information content (AvgIpc) is 2.30. The van der Waals surface area contributed by atoms with Gasteiger partial charge in [0.15, 0.2) is 0 Å². The number of benzene rings is 1. The molecular weight excluding hydrogens is 288 g/mol. The minimum Gasteiger partial charge on any atom is -0.469 e. The van der Waals surface area contributed by atoms with Gasteiger partial charge in [-0.15, -0.1) is 11.8 Å². The van der Waals surface area contributed by atoms with E-state index in [0.29, 0.717) is 0 Å². The second-order valence-electron chi connectivity index (χ2n) is 3.59. The zero-order valence-electron chi connectivity index (χ0n) is 9.57. The van der Waals surface area contributed by atoms with Gasteiger partial charge in [0, 0.05) is 14.6 Å². The zero-order valence-corrected chi connectivity index (χ0v) is 12.0. The summed E-state index contributed by atoms with van der Waals surface area (Å²) >= 11 is 5.07. The van der Waals surface area contributed by atoms with Gasteiger partial charge in [-0.1, -0.05) is 29.8 Å². The van der Waals surface area contributed by atoms with Gasteiger partial charge < -0.3 is 4.74 Å². The predicted molar refractivity (Wildman–Crippen MR) is 70.6 cm³/mol. The number of ether oxygens (including phenoxy) is 1. The zero-order chi connectivity index (χ0) is 12.1. The first kappa shape index (κ1) is 13.6. The SMILES string of the molecule is COC(=O)C(C)C(C)Sc1ccc(Br)cc1. The van der Waals surface area contributed by atoms with Crippen molar-refractivity contribution in [2.45, 2.75) is 24.0 Å². The van der Waals surface area contributed by atoms with Crippen molar-refractivity contribution in [1.82, 2.24) is 0 Å². The largest absolute Gasteiger partial charge is 0.469 e. The molecule has 16 heavy (non-hydrogen) atoms. The molecule has 0 N–H and O–H groups in total. The quantitative estimate of drug-likeness (QED) is 0.626. The lowest BCUT2D eigenvalue weighted by Crippen LogP contribution is -2.21. The second-order valence-corrected chi connectivity index (χ2v) is 5.96. The molecule has 2 unspecified atom stereocenters. The summed E-state index contributed by atoms with van der Waals surface area (Å²) < 4.78 is 5.79. The van der Waals surface area contributed by atoms with Crippen LogP contribution in [0.4, 0.5) is 0 Å². The molecule has 0 radical (unpaired) electrons. The van der Waals surface area contributed by atoms with Gasteiger partial charge in [0.25, 0.3) is 0 Å². The topological polar surface area (TPSA) is 26.3 Å². The number of methoxy groups -OCH3 is 1. The maximum absolute atomic E-state index is 11.4. The van der Waals surface area contributed by atoms with Gasteiger partial charge in [-0.3, -0.25) is 4.79 Å². The fourth-order valence-corrected chi connectivity index (χ4v) is 2.51. The molecule has 2 atom stereocenters. The van der Waals surface area contributed by atoms with Crippen LogP contribution in [0.15, 0.2) is 33.6 Å². The van der Waals surface area contributed by atoms with Gasteiger partial charge in [-0.05, 0) is 24.3 Å². The van der Waals surface area contributed by atoms with Gasteiger partial charge in [0.05, 0.1) is 13.0 Å². The van der Waals surface area contributed by atoms with E-state index in [1.807, 2.05) is 38.1 Å². The number of rotatable bonds is 4. The highest BCUT2D eigenvalue weighted by Crippen LogP contribution is 2.29. The Balaban J connectivity index is 2.60. The fraction of sp³-hybridized carbons (Fsp3) is 0.417. The Morgan fingerprint density at radius 1 is 1.31 bits per heavy atom. The Kier molecular flexibility index (Phi) is 5.35. The van der Waals surface area contributed by atoms with Crippen LogP contribution in [0, 0.1) is 5.92 Å². The summed E-state index contributed by atoms with van der Waals surface area (Å²) in [4.78, 5) is 12.5. The van der Waals surface area contributed by atoms with E-state index in [0.717, 1.165) is 9.37 Å². The molecule has 0 amide bonds. The van der Waals surface area contributed by atoms with Crippen molar-refractivity contribution in [2.24, 2.45) is 5.92 Å². The highest BCUT2D eigenvalue weighted by molar-refractivity contribution is 9.10. The van der Waals surface area contributed by atoms with E-state index in [1.54, 1.807) is 11.8 Å². The summed E-state index contributed by atoms with van der Waals surface area (Å²) in [7, 11) is 1.43. The molecule has 1 aromatic rings. The second kappa shape index (κ2) is 6.30. The first-order valence-corrected chi connectivity index (χ1v) is 6.72. The van der Waals surface area contributed by atoms with Crippen molar-refractivity contribution < 1.29 is 9.53 Å². The number of carbonyl (C=O) groups excluding carboxylic acids is 1. The summed E-state index contributed by atoms with van der Waals surface area (Å²) in [6.45, 7) is 3.93. The van der Waals surface area contributed by atoms with Crippen LogP contribution in [-0.4, -0.2) is 18.3 Å². The Bertz CT molecular complexity index is 351. The Morgan fingerprint density at radius 3 is 2.38 bits per heavy atom. The van der Waals surface area contributed by atoms with E-state index in [-0.39, 0.29) is 17.1 Å². The summed E-state index contributed by atoms with van der Waals surface area (Å²) in [6.07, 6.45) is 0. The van der Waals surface area contributed by atoms with Crippen LogP contribution in [0.5, 0.6) is 0 Å². The Hall–Kier alpha value is -0.480. The van der Waals surface area contributed by atoms with Crippen molar-refractivity contribution >= 4 is 33.7 Å². The van der Waals surface area contributed by atoms with Crippen molar-refractivity contribution in [3.8, 4) is 0 Å². The molecule has 2 nitrogen and oxygen atoms in total. The molecule has 0 aromatic heterocycles. The average molecular weight is 303 g/mol. The number of thioether (sulfide) groups is 1. The lowest BCUT2D eigenvalue weighted by Gasteiger charge is -2.17. The molecule has 0 aliphatic carbocycles. The predicted octanol–water partition coefficient (Wildman–Crippen LogP) is 3.74. The number of hydrogen-bond acceptors (Lipinski definition) is 3. The molecule has 0 spiro atoms. The fourth-order valence-electron chi connectivity index (χ4n) is 1.21. The monoisotopic (exact) mass is 302 g/mol. The molecule has 0 saturated heterocycles. The van der Waals surface area contributed by atoms with Crippen molar-refractivity contribution in [1.29, 1.82) is 0 Å². The molecule has 4 heteroatoms. The molecule has 1 aromatic carbocycles. The number of halogens is 1. The summed E-state index contributed by atoms with van der Waals surface area (Å²) in [6, 6.07) is 8.07. The van der Waals surface area contributed by atoms with Crippen LogP contribution < -0.4 is 0 Å². The standard InChI is InChI=1S/C12H15BrO2S/c1-8(12(14)15-3)9(2)16-11-6-4-10(13)5-7-11/h4-9H,1-3H3. The van der Waals surface area contributed by atoms with Crippen LogP contribution in [0.2, 0.25) is 0 Å². The third kappa shape index (κ3) is 3.83. The van der Waals surface area contributed by atoms with E-state index < -0.39 is 0 Å². The third-order valence-corrected chi connectivity index (χ3v) is 4.27. The molecule has 0 fully saturated rings. The lowest BCUT2D eigenvalue weighted by atomic mass is 10.1. The highest BCUT2D eigenvalue weighted by Gasteiger charge is 2.21. The van der Waals surface area contributed by atoms with Crippen LogP contribution in [0.3, 0.4) is 0 Å². The molecule has 0 aliphatic rings. The molecule has 0 bridgehead atoms. The molecule has 88 valence electrons. The number of carbonyl (C=O) groups is 1. The smallest absolute Gasteiger partial charge is 0.309 e. The normalized spacial score (nSPS) is 14.2. The van der Waals surface area contributed by atoms with E-state index in [2.05, 4.69) is 15.9 Å². The highest BCUT2D eigenvalue weighted by atomic mass is 79.9. The maximum Gasteiger partial charge on any atom is 0.309 e. The number of hydrogen-bond donors (Lipinski definition) is 0. The molecule has 0 aliphatic heterocycles. The minimum atomic E-state index is -0.155. The van der Waals surface area contributed by atoms with Gasteiger partial charge >= 0.3 is 5.97 Å². The summed E-state index contributed by atoms with van der Waals surface area (Å²) in [5, 5.41) is 0.202. The van der Waals surface area contributed by atoms with Crippen molar-refractivity contribution in [3.05, 3.63) is 28.7 Å². The van der Waals surface area contributed by atoms with E-state index in [4.69, 9.17) is 4.74 Å². The third-order valence-electron chi connectivity index (χ3n) is 2.41. The van der Waals surface area contributed by atoms with Crippen LogP contribution in [-0.2, 0) is 9.53 Å². The minimum absolute atomic E-state index is 0.0985. The summed E-state index contributed by atoms with van der Waals surface area (Å²) in [5.41, 5.74) is 0. The lowest BCUT2D eigenvalue weighted by molar-refractivity contribution is -0.144. The molecule has 0 heterocycles. The molecule has 1 rings (SSSR count). The van der Waals surface area contributed by atoms with Crippen molar-refractivity contribution in [3.63, 3.8) is 0 Å². The van der Waals surface area contributed by atoms with Crippen LogP contribution in [0.1, 0.15) is 13.8 Å². The maximum atomic E-state index is 11.4. The van der Waals surface area contributed by atoms with E-state index in [1.165, 1.54) is 7.11 Å². The van der Waals surface area contributed by atoms with Gasteiger partial charge in [0.2, 0.25) is 0 Å². The molecule has 0 saturated carbocycles. The van der Waals surface area contributed by atoms with E-state index in [9.17, 15) is 4.79 Å². The van der Waals surface area contributed by atoms with Gasteiger partial charge in [-0.25, -0.2) is 0 Å². The Morgan fingerprint density at radius 2 is 1.88 bits per heavy atom. The first-order valence-electron chi connectivity index (χ1n) is 5.04. The van der Waals surface area contributed by atoms with Crippen molar-refractivity contribution in [2.75, 3.05) is 7.11 Å². The molecular formula is C12H15BrO2S. The van der Waals surface area contributed by atoms with Gasteiger partial charge in [0.1, 0.15) is 0 Å². The Labute approximate surface area is 109 Å². The first-order chi connectivity index (χ1) is 7.54. The number of esters is 1. The summed E-state index contributed by atoms with van der Waals surface area (Å²) in [5.74, 6) is -0.254. The van der Waals surface area contributed by atoms with Gasteiger partial charge in [-0.2, -0.15) is 0 Å². The van der Waals surface area contributed by atoms with Crippen LogP contribution >= 0.6 is 27.7 Å². The van der Waals surface area contributed by atoms with E-state index >= 15 is 0 Å².